The molecule has 1 fully saturated rings. The van der Waals surface area contributed by atoms with E-state index in [2.05, 4.69) is 32.3 Å². The maximum absolute atomic E-state index is 5.32. The molecule has 3 heterocycles. The molecule has 7 heteroatoms. The molecule has 1 N–H and O–H groups in total. The highest BCUT2D eigenvalue weighted by atomic mass is 16.5. The van der Waals surface area contributed by atoms with Crippen LogP contribution in [0.5, 0.6) is 5.88 Å². The zero-order valence-electron chi connectivity index (χ0n) is 10.8. The molecule has 3 rings (SSSR count). The lowest BCUT2D eigenvalue weighted by Crippen LogP contribution is -2.16. The third kappa shape index (κ3) is 2.28. The van der Waals surface area contributed by atoms with Gasteiger partial charge in [0.2, 0.25) is 17.6 Å². The summed E-state index contributed by atoms with van der Waals surface area (Å²) >= 11 is 0. The molecule has 0 radical (unpaired) electrons. The normalized spacial score (nSPS) is 22.6. The van der Waals surface area contributed by atoms with Crippen molar-refractivity contribution in [1.82, 2.24) is 25.4 Å². The number of nitrogens with one attached hydrogen (secondary N) is 1. The quantitative estimate of drug-likeness (QED) is 0.888. The average Bonchev–Trinajstić information content (AvgIpc) is 3.07. The van der Waals surface area contributed by atoms with Gasteiger partial charge in [-0.05, 0) is 18.9 Å². The molecule has 100 valence electrons. The highest BCUT2D eigenvalue weighted by Gasteiger charge is 2.29. The molecule has 7 nitrogen and oxygen atoms in total. The molecule has 1 aliphatic rings. The Bertz CT molecular complexity index is 571. The van der Waals surface area contributed by atoms with Crippen LogP contribution in [-0.4, -0.2) is 33.8 Å². The summed E-state index contributed by atoms with van der Waals surface area (Å²) in [6.07, 6.45) is 2.53. The summed E-state index contributed by atoms with van der Waals surface area (Å²) < 4.78 is 10.4. The van der Waals surface area contributed by atoms with Gasteiger partial charge in [0.15, 0.2) is 0 Å². The molecular formula is C12H15N5O2. The van der Waals surface area contributed by atoms with Crippen LogP contribution in [0.2, 0.25) is 0 Å². The van der Waals surface area contributed by atoms with E-state index in [1.807, 2.05) is 0 Å². The number of rotatable bonds is 3. The lowest BCUT2D eigenvalue weighted by atomic mass is 10.0. The molecule has 2 aromatic heterocycles. The molecule has 1 aliphatic heterocycles. The van der Waals surface area contributed by atoms with Crippen molar-refractivity contribution in [3.05, 3.63) is 18.3 Å². The summed E-state index contributed by atoms with van der Waals surface area (Å²) in [4.78, 5) is 12.5. The minimum atomic E-state index is 0.130. The number of aromatic nitrogens is 4. The summed E-state index contributed by atoms with van der Waals surface area (Å²) in [5, 5.41) is 7.33. The van der Waals surface area contributed by atoms with E-state index in [1.54, 1.807) is 13.2 Å². The van der Waals surface area contributed by atoms with Crippen molar-refractivity contribution in [2.75, 3.05) is 13.7 Å². The average molecular weight is 261 g/mol. The summed E-state index contributed by atoms with van der Waals surface area (Å²) in [6.45, 7) is 3.15. The van der Waals surface area contributed by atoms with Crippen LogP contribution >= 0.6 is 0 Å². The minimum Gasteiger partial charge on any atom is -0.481 e. The Balaban J connectivity index is 1.88. The van der Waals surface area contributed by atoms with E-state index in [9.17, 15) is 0 Å². The van der Waals surface area contributed by atoms with E-state index in [4.69, 9.17) is 9.26 Å². The van der Waals surface area contributed by atoms with Gasteiger partial charge >= 0.3 is 0 Å². The third-order valence-corrected chi connectivity index (χ3v) is 3.32. The van der Waals surface area contributed by atoms with Crippen LogP contribution in [0.3, 0.4) is 0 Å². The Morgan fingerprint density at radius 1 is 1.42 bits per heavy atom. The van der Waals surface area contributed by atoms with Crippen molar-refractivity contribution >= 4 is 0 Å². The molecule has 0 aromatic carbocycles. The topological polar surface area (TPSA) is 86.0 Å². The summed E-state index contributed by atoms with van der Waals surface area (Å²) in [6, 6.07) is 1.81. The van der Waals surface area contributed by atoms with E-state index in [1.165, 1.54) is 6.33 Å². The maximum atomic E-state index is 5.32. The molecule has 19 heavy (non-hydrogen) atoms. The Morgan fingerprint density at radius 2 is 2.32 bits per heavy atom. The summed E-state index contributed by atoms with van der Waals surface area (Å²) in [7, 11) is 1.55. The van der Waals surface area contributed by atoms with Crippen molar-refractivity contribution in [1.29, 1.82) is 0 Å². The molecule has 0 amide bonds. The number of ether oxygens (including phenoxy) is 1. The molecule has 0 bridgehead atoms. The van der Waals surface area contributed by atoms with Crippen LogP contribution in [0.1, 0.15) is 25.3 Å². The lowest BCUT2D eigenvalue weighted by molar-refractivity contribution is 0.319. The first kappa shape index (κ1) is 12.0. The van der Waals surface area contributed by atoms with Gasteiger partial charge in [-0.25, -0.2) is 9.97 Å². The number of nitrogens with zero attached hydrogens (tertiary/aromatic N) is 4. The first-order valence-electron chi connectivity index (χ1n) is 6.21. The van der Waals surface area contributed by atoms with Crippen molar-refractivity contribution in [2.45, 2.75) is 19.4 Å². The van der Waals surface area contributed by atoms with Gasteiger partial charge in [-0.3, -0.25) is 0 Å². The standard InChI is InChI=1S/C12H15N5O2/c1-7-3-4-13-10(7)12-16-11(17-19-12)8-5-9(18-2)15-6-14-8/h5-7,10,13H,3-4H2,1-2H3. The molecule has 0 saturated carbocycles. The van der Waals surface area contributed by atoms with Crippen LogP contribution in [0, 0.1) is 5.92 Å². The summed E-state index contributed by atoms with van der Waals surface area (Å²) in [5.74, 6) is 2.03. The second-order valence-corrected chi connectivity index (χ2v) is 4.60. The van der Waals surface area contributed by atoms with E-state index < -0.39 is 0 Å². The Hall–Kier alpha value is -2.02. The number of methoxy groups -OCH3 is 1. The second-order valence-electron chi connectivity index (χ2n) is 4.60. The first-order valence-corrected chi connectivity index (χ1v) is 6.21. The van der Waals surface area contributed by atoms with Gasteiger partial charge in [0.05, 0.1) is 13.2 Å². The van der Waals surface area contributed by atoms with E-state index >= 15 is 0 Å². The molecule has 1 saturated heterocycles. The number of hydrogen-bond donors (Lipinski definition) is 1. The van der Waals surface area contributed by atoms with Gasteiger partial charge < -0.3 is 14.6 Å². The van der Waals surface area contributed by atoms with Crippen molar-refractivity contribution in [2.24, 2.45) is 5.92 Å². The number of hydrogen-bond acceptors (Lipinski definition) is 7. The van der Waals surface area contributed by atoms with E-state index in [0.717, 1.165) is 13.0 Å². The van der Waals surface area contributed by atoms with Crippen molar-refractivity contribution in [3.63, 3.8) is 0 Å². The van der Waals surface area contributed by atoms with Gasteiger partial charge in [-0.1, -0.05) is 12.1 Å². The fourth-order valence-corrected chi connectivity index (χ4v) is 2.20. The van der Waals surface area contributed by atoms with E-state index in [-0.39, 0.29) is 6.04 Å². The molecule has 2 unspecified atom stereocenters. The van der Waals surface area contributed by atoms with Crippen LogP contribution in [-0.2, 0) is 0 Å². The Labute approximate surface area is 110 Å². The molecule has 0 spiro atoms. The molecule has 0 aliphatic carbocycles. The van der Waals surface area contributed by atoms with Gasteiger partial charge in [0.25, 0.3) is 0 Å². The zero-order valence-corrected chi connectivity index (χ0v) is 10.8. The van der Waals surface area contributed by atoms with Crippen LogP contribution in [0.4, 0.5) is 0 Å². The fraction of sp³-hybridized carbons (Fsp3) is 0.500. The van der Waals surface area contributed by atoms with Crippen molar-refractivity contribution < 1.29 is 9.26 Å². The molecular weight excluding hydrogens is 246 g/mol. The highest BCUT2D eigenvalue weighted by molar-refractivity contribution is 5.49. The predicted molar refractivity (Wildman–Crippen MR) is 66.4 cm³/mol. The largest absolute Gasteiger partial charge is 0.481 e. The Kier molecular flexibility index (Phi) is 3.12. The first-order chi connectivity index (χ1) is 9.28. The van der Waals surface area contributed by atoms with E-state index in [0.29, 0.717) is 29.2 Å². The van der Waals surface area contributed by atoms with Gasteiger partial charge in [-0.2, -0.15) is 4.98 Å². The minimum absolute atomic E-state index is 0.130. The van der Waals surface area contributed by atoms with Gasteiger partial charge in [0, 0.05) is 6.07 Å². The SMILES string of the molecule is COc1cc(-c2noc(C3NCCC3C)n2)ncn1. The summed E-state index contributed by atoms with van der Waals surface area (Å²) in [5.41, 5.74) is 0.590. The zero-order chi connectivity index (χ0) is 13.2. The van der Waals surface area contributed by atoms with Gasteiger partial charge in [0.1, 0.15) is 12.0 Å². The third-order valence-electron chi connectivity index (χ3n) is 3.32. The second kappa shape index (κ2) is 4.93. The van der Waals surface area contributed by atoms with Crippen molar-refractivity contribution in [3.8, 4) is 17.4 Å². The molecule has 2 aromatic rings. The smallest absolute Gasteiger partial charge is 0.244 e. The monoisotopic (exact) mass is 261 g/mol. The van der Waals surface area contributed by atoms with Crippen LogP contribution in [0.15, 0.2) is 16.9 Å². The fourth-order valence-electron chi connectivity index (χ4n) is 2.20. The molecule has 2 atom stereocenters. The maximum Gasteiger partial charge on any atom is 0.244 e. The highest BCUT2D eigenvalue weighted by Crippen LogP contribution is 2.29. The van der Waals surface area contributed by atoms with Crippen LogP contribution < -0.4 is 10.1 Å². The lowest BCUT2D eigenvalue weighted by Gasteiger charge is -2.09. The Morgan fingerprint density at radius 3 is 3.05 bits per heavy atom. The van der Waals surface area contributed by atoms with Crippen LogP contribution in [0.25, 0.3) is 11.5 Å². The predicted octanol–water partition coefficient (Wildman–Crippen LogP) is 1.21. The van der Waals surface area contributed by atoms with Gasteiger partial charge in [-0.15, -0.1) is 0 Å².